The highest BCUT2D eigenvalue weighted by atomic mass is 16.5. The summed E-state index contributed by atoms with van der Waals surface area (Å²) in [5.41, 5.74) is 3.51. The Morgan fingerprint density at radius 1 is 1.09 bits per heavy atom. The minimum Gasteiger partial charge on any atom is -0.481 e. The molecule has 4 rings (SSSR count). The maximum absolute atomic E-state index is 12.6. The van der Waals surface area contributed by atoms with E-state index in [1.54, 1.807) is 12.1 Å². The second-order valence-corrected chi connectivity index (χ2v) is 5.61. The molecule has 22 heavy (non-hydrogen) atoms. The van der Waals surface area contributed by atoms with Gasteiger partial charge in [0, 0.05) is 30.9 Å². The Balaban J connectivity index is 2.00. The van der Waals surface area contributed by atoms with Crippen molar-refractivity contribution in [2.75, 3.05) is 19.0 Å². The lowest BCUT2D eigenvalue weighted by molar-refractivity contribution is 0.290. The van der Waals surface area contributed by atoms with Gasteiger partial charge >= 0.3 is 0 Å². The van der Waals surface area contributed by atoms with Crippen molar-refractivity contribution in [1.29, 1.82) is 0 Å². The van der Waals surface area contributed by atoms with E-state index < -0.39 is 0 Å². The monoisotopic (exact) mass is 293 g/mol. The molecule has 0 fully saturated rings. The molecule has 2 aromatic carbocycles. The zero-order chi connectivity index (χ0) is 15.3. The molecular weight excluding hydrogens is 278 g/mol. The van der Waals surface area contributed by atoms with E-state index in [1.807, 2.05) is 43.3 Å². The lowest BCUT2D eigenvalue weighted by atomic mass is 10.0. The zero-order valence-electron chi connectivity index (χ0n) is 12.4. The molecule has 0 aliphatic carbocycles. The molecule has 110 valence electrons. The summed E-state index contributed by atoms with van der Waals surface area (Å²) in [7, 11) is 3.99. The van der Waals surface area contributed by atoms with Crippen LogP contribution < -0.4 is 15.1 Å². The molecule has 0 spiro atoms. The number of benzene rings is 2. The number of fused-ring (bicyclic) bond motifs is 4. The molecule has 1 aliphatic rings. The minimum absolute atomic E-state index is 0.112. The minimum atomic E-state index is -0.112. The van der Waals surface area contributed by atoms with E-state index in [0.29, 0.717) is 29.1 Å². The molecule has 2 heterocycles. The number of ether oxygens (including phenoxy) is 1. The van der Waals surface area contributed by atoms with Gasteiger partial charge in [0.25, 0.3) is 0 Å². The second kappa shape index (κ2) is 4.63. The van der Waals surface area contributed by atoms with Crippen LogP contribution in [0.4, 0.5) is 5.69 Å². The predicted molar refractivity (Wildman–Crippen MR) is 86.6 cm³/mol. The summed E-state index contributed by atoms with van der Waals surface area (Å²) < 4.78 is 11.7. The van der Waals surface area contributed by atoms with Gasteiger partial charge in [0.1, 0.15) is 12.2 Å². The summed E-state index contributed by atoms with van der Waals surface area (Å²) in [6.07, 6.45) is 0. The molecule has 0 radical (unpaired) electrons. The van der Waals surface area contributed by atoms with Crippen molar-refractivity contribution in [3.8, 4) is 17.1 Å². The maximum atomic E-state index is 12.6. The summed E-state index contributed by atoms with van der Waals surface area (Å²) in [6.45, 7) is 0.382. The fourth-order valence-electron chi connectivity index (χ4n) is 2.78. The van der Waals surface area contributed by atoms with Crippen LogP contribution in [0.1, 0.15) is 5.56 Å². The first-order chi connectivity index (χ1) is 10.6. The average molecular weight is 293 g/mol. The molecule has 1 aromatic heterocycles. The van der Waals surface area contributed by atoms with E-state index in [-0.39, 0.29) is 5.43 Å². The van der Waals surface area contributed by atoms with E-state index >= 15 is 0 Å². The van der Waals surface area contributed by atoms with Gasteiger partial charge in [0.15, 0.2) is 5.76 Å². The van der Waals surface area contributed by atoms with E-state index in [1.165, 1.54) is 0 Å². The number of hydrogen-bond donors (Lipinski definition) is 0. The Morgan fingerprint density at radius 2 is 1.91 bits per heavy atom. The molecule has 0 atom stereocenters. The SMILES string of the molecule is CN(C)c1ccc2c(c1)COc1c-2oc2ccccc2c1=O. The first-order valence-electron chi connectivity index (χ1n) is 7.14. The van der Waals surface area contributed by atoms with Crippen LogP contribution >= 0.6 is 0 Å². The fourth-order valence-corrected chi connectivity index (χ4v) is 2.78. The lowest BCUT2D eigenvalue weighted by Crippen LogP contribution is -2.16. The van der Waals surface area contributed by atoms with Crippen molar-refractivity contribution >= 4 is 16.7 Å². The van der Waals surface area contributed by atoms with Crippen molar-refractivity contribution in [3.05, 3.63) is 58.3 Å². The van der Waals surface area contributed by atoms with Crippen LogP contribution in [-0.2, 0) is 6.61 Å². The number of rotatable bonds is 1. The number of hydrogen-bond acceptors (Lipinski definition) is 4. The summed E-state index contributed by atoms with van der Waals surface area (Å²) >= 11 is 0. The van der Waals surface area contributed by atoms with Gasteiger partial charge in [-0.05, 0) is 30.3 Å². The van der Waals surface area contributed by atoms with Gasteiger partial charge in [-0.25, -0.2) is 0 Å². The zero-order valence-corrected chi connectivity index (χ0v) is 12.4. The molecule has 4 nitrogen and oxygen atoms in total. The largest absolute Gasteiger partial charge is 0.481 e. The first-order valence-corrected chi connectivity index (χ1v) is 7.14. The summed E-state index contributed by atoms with van der Waals surface area (Å²) in [5, 5.41) is 0.551. The van der Waals surface area contributed by atoms with Crippen LogP contribution in [0.5, 0.6) is 5.75 Å². The Kier molecular flexibility index (Phi) is 2.73. The van der Waals surface area contributed by atoms with Crippen LogP contribution in [-0.4, -0.2) is 14.1 Å². The molecule has 0 saturated heterocycles. The van der Waals surface area contributed by atoms with Crippen LogP contribution in [0, 0.1) is 0 Å². The lowest BCUT2D eigenvalue weighted by Gasteiger charge is -2.21. The van der Waals surface area contributed by atoms with E-state index in [0.717, 1.165) is 16.8 Å². The second-order valence-electron chi connectivity index (χ2n) is 5.61. The number of anilines is 1. The van der Waals surface area contributed by atoms with Crippen molar-refractivity contribution in [2.45, 2.75) is 6.61 Å². The molecule has 0 bridgehead atoms. The van der Waals surface area contributed by atoms with Crippen LogP contribution in [0.15, 0.2) is 51.7 Å². The third-order valence-electron chi connectivity index (χ3n) is 3.98. The number of para-hydroxylation sites is 1. The van der Waals surface area contributed by atoms with Crippen molar-refractivity contribution < 1.29 is 9.15 Å². The Labute approximate surface area is 127 Å². The maximum Gasteiger partial charge on any atom is 0.235 e. The predicted octanol–water partition coefficient (Wildman–Crippen LogP) is 3.42. The van der Waals surface area contributed by atoms with Crippen LogP contribution in [0.2, 0.25) is 0 Å². The van der Waals surface area contributed by atoms with Gasteiger partial charge in [-0.3, -0.25) is 4.79 Å². The Hall–Kier alpha value is -2.75. The van der Waals surface area contributed by atoms with Crippen molar-refractivity contribution in [3.63, 3.8) is 0 Å². The summed E-state index contributed by atoms with van der Waals surface area (Å²) in [6, 6.07) is 13.3. The van der Waals surface area contributed by atoms with Crippen LogP contribution in [0.3, 0.4) is 0 Å². The van der Waals surface area contributed by atoms with Crippen molar-refractivity contribution in [1.82, 2.24) is 0 Å². The quantitative estimate of drug-likeness (QED) is 0.689. The normalized spacial score (nSPS) is 12.5. The summed E-state index contributed by atoms with van der Waals surface area (Å²) in [5.74, 6) is 0.832. The summed E-state index contributed by atoms with van der Waals surface area (Å²) in [4.78, 5) is 14.6. The molecule has 0 saturated carbocycles. The van der Waals surface area contributed by atoms with Gasteiger partial charge in [0.2, 0.25) is 11.2 Å². The van der Waals surface area contributed by atoms with Gasteiger partial charge in [-0.15, -0.1) is 0 Å². The Bertz CT molecular complexity index is 941. The molecule has 4 heteroatoms. The van der Waals surface area contributed by atoms with Crippen molar-refractivity contribution in [2.24, 2.45) is 0 Å². The highest BCUT2D eigenvalue weighted by Gasteiger charge is 2.24. The molecule has 0 amide bonds. The topological polar surface area (TPSA) is 42.7 Å². The molecular formula is C18H15NO3. The standard InChI is InChI=1S/C18H15NO3/c1-19(2)12-7-8-13-11(9-12)10-21-18-16(20)14-5-3-4-6-15(14)22-17(13)18/h3-9H,10H2,1-2H3. The highest BCUT2D eigenvalue weighted by molar-refractivity contribution is 5.83. The van der Waals surface area contributed by atoms with E-state index in [4.69, 9.17) is 9.15 Å². The molecule has 3 aromatic rings. The smallest absolute Gasteiger partial charge is 0.235 e. The third kappa shape index (κ3) is 1.80. The van der Waals surface area contributed by atoms with Gasteiger partial charge < -0.3 is 14.1 Å². The average Bonchev–Trinajstić information content (AvgIpc) is 2.54. The number of nitrogens with zero attached hydrogens (tertiary/aromatic N) is 1. The molecule has 0 N–H and O–H groups in total. The third-order valence-corrected chi connectivity index (χ3v) is 3.98. The van der Waals surface area contributed by atoms with Gasteiger partial charge in [-0.1, -0.05) is 12.1 Å². The molecule has 1 aliphatic heterocycles. The van der Waals surface area contributed by atoms with Gasteiger partial charge in [-0.2, -0.15) is 0 Å². The fraction of sp³-hybridized carbons (Fsp3) is 0.167. The van der Waals surface area contributed by atoms with Crippen LogP contribution in [0.25, 0.3) is 22.3 Å². The Morgan fingerprint density at radius 3 is 2.73 bits per heavy atom. The highest BCUT2D eigenvalue weighted by Crippen LogP contribution is 2.38. The molecule has 0 unspecified atom stereocenters. The van der Waals surface area contributed by atoms with E-state index in [2.05, 4.69) is 6.07 Å². The van der Waals surface area contributed by atoms with E-state index in [9.17, 15) is 4.79 Å². The van der Waals surface area contributed by atoms with Gasteiger partial charge in [0.05, 0.1) is 5.39 Å². The first kappa shape index (κ1) is 13.0.